The highest BCUT2D eigenvalue weighted by molar-refractivity contribution is 7.15. The maximum Gasteiger partial charge on any atom is 0.206 e. The van der Waals surface area contributed by atoms with Crippen molar-refractivity contribution in [1.82, 2.24) is 10.2 Å². The first kappa shape index (κ1) is 14.2. The Morgan fingerprint density at radius 2 is 1.95 bits per heavy atom. The largest absolute Gasteiger partial charge is 0.394 e. The van der Waals surface area contributed by atoms with Crippen molar-refractivity contribution in [1.29, 1.82) is 0 Å². The highest BCUT2D eigenvalue weighted by Crippen LogP contribution is 2.26. The van der Waals surface area contributed by atoms with Crippen molar-refractivity contribution in [3.63, 3.8) is 0 Å². The number of halogens is 1. The van der Waals surface area contributed by atoms with Gasteiger partial charge >= 0.3 is 0 Å². The minimum atomic E-state index is -0.203. The van der Waals surface area contributed by atoms with Gasteiger partial charge in [-0.05, 0) is 17.7 Å². The lowest BCUT2D eigenvalue weighted by atomic mass is 10.1. The van der Waals surface area contributed by atoms with Gasteiger partial charge in [0.1, 0.15) is 5.01 Å². The van der Waals surface area contributed by atoms with Gasteiger partial charge in [-0.3, -0.25) is 0 Å². The standard InChI is InChI=1S/C13H16ClN3OS/c1-8(2)12-16-17-13(19-12)15-11(7-18)9-3-5-10(14)6-4-9/h3-6,8,11,18H,7H2,1-2H3,(H,15,17). The smallest absolute Gasteiger partial charge is 0.206 e. The van der Waals surface area contributed by atoms with Gasteiger partial charge in [-0.2, -0.15) is 0 Å². The summed E-state index contributed by atoms with van der Waals surface area (Å²) in [7, 11) is 0. The molecule has 1 unspecified atom stereocenters. The molecule has 2 rings (SSSR count). The molecule has 2 N–H and O–H groups in total. The van der Waals surface area contributed by atoms with Crippen LogP contribution in [-0.2, 0) is 0 Å². The van der Waals surface area contributed by atoms with Crippen LogP contribution < -0.4 is 5.32 Å². The van der Waals surface area contributed by atoms with E-state index >= 15 is 0 Å². The molecule has 0 aliphatic rings. The maximum absolute atomic E-state index is 9.49. The zero-order chi connectivity index (χ0) is 13.8. The average Bonchev–Trinajstić information content (AvgIpc) is 2.86. The highest BCUT2D eigenvalue weighted by atomic mass is 35.5. The van der Waals surface area contributed by atoms with E-state index in [1.165, 1.54) is 11.3 Å². The molecule has 102 valence electrons. The van der Waals surface area contributed by atoms with E-state index in [1.54, 1.807) is 12.1 Å². The van der Waals surface area contributed by atoms with E-state index in [2.05, 4.69) is 29.4 Å². The van der Waals surface area contributed by atoms with Crippen LogP contribution in [0.15, 0.2) is 24.3 Å². The summed E-state index contributed by atoms with van der Waals surface area (Å²) < 4.78 is 0. The zero-order valence-electron chi connectivity index (χ0n) is 10.8. The molecule has 6 heteroatoms. The van der Waals surface area contributed by atoms with Crippen LogP contribution in [0.2, 0.25) is 5.02 Å². The number of rotatable bonds is 5. The molecule has 0 spiro atoms. The Kier molecular flexibility index (Phi) is 4.74. The SMILES string of the molecule is CC(C)c1nnc(NC(CO)c2ccc(Cl)cc2)s1. The molecule has 0 bridgehead atoms. The monoisotopic (exact) mass is 297 g/mol. The predicted octanol–water partition coefficient (Wildman–Crippen LogP) is 3.46. The molecule has 0 fully saturated rings. The average molecular weight is 298 g/mol. The van der Waals surface area contributed by atoms with Gasteiger partial charge in [0.2, 0.25) is 5.13 Å². The zero-order valence-corrected chi connectivity index (χ0v) is 12.4. The molecule has 0 amide bonds. The van der Waals surface area contributed by atoms with Crippen molar-refractivity contribution in [3.8, 4) is 0 Å². The second kappa shape index (κ2) is 6.32. The number of aromatic nitrogens is 2. The van der Waals surface area contributed by atoms with Crippen molar-refractivity contribution < 1.29 is 5.11 Å². The van der Waals surface area contributed by atoms with Gasteiger partial charge in [0.05, 0.1) is 12.6 Å². The number of anilines is 1. The second-order valence-corrected chi connectivity index (χ2v) is 5.98. The summed E-state index contributed by atoms with van der Waals surface area (Å²) in [5, 5.41) is 23.3. The second-order valence-electron chi connectivity index (χ2n) is 4.53. The number of hydrogen-bond donors (Lipinski definition) is 2. The van der Waals surface area contributed by atoms with Crippen LogP contribution in [0.25, 0.3) is 0 Å². The molecule has 0 saturated heterocycles. The number of benzene rings is 1. The topological polar surface area (TPSA) is 58.0 Å². The fraction of sp³-hybridized carbons (Fsp3) is 0.385. The molecular weight excluding hydrogens is 282 g/mol. The van der Waals surface area contributed by atoms with Crippen LogP contribution in [0.5, 0.6) is 0 Å². The van der Waals surface area contributed by atoms with E-state index in [0.29, 0.717) is 10.9 Å². The summed E-state index contributed by atoms with van der Waals surface area (Å²) in [5.41, 5.74) is 0.966. The van der Waals surface area contributed by atoms with Crippen molar-refractivity contribution in [2.45, 2.75) is 25.8 Å². The fourth-order valence-electron chi connectivity index (χ4n) is 1.60. The number of nitrogens with zero attached hydrogens (tertiary/aromatic N) is 2. The third-order valence-electron chi connectivity index (χ3n) is 2.69. The Morgan fingerprint density at radius 3 is 2.47 bits per heavy atom. The minimum absolute atomic E-state index is 0.0157. The maximum atomic E-state index is 9.49. The molecule has 1 atom stereocenters. The Morgan fingerprint density at radius 1 is 1.26 bits per heavy atom. The summed E-state index contributed by atoms with van der Waals surface area (Å²) in [4.78, 5) is 0. The van der Waals surface area contributed by atoms with Crippen LogP contribution in [0.1, 0.15) is 36.4 Å². The van der Waals surface area contributed by atoms with E-state index < -0.39 is 0 Å². The Bertz CT molecular complexity index is 527. The van der Waals surface area contributed by atoms with E-state index in [1.807, 2.05) is 12.1 Å². The van der Waals surface area contributed by atoms with Crippen LogP contribution in [0.4, 0.5) is 5.13 Å². The summed E-state index contributed by atoms with van der Waals surface area (Å²) in [6.45, 7) is 4.14. The third kappa shape index (κ3) is 3.65. The van der Waals surface area contributed by atoms with Gasteiger partial charge in [-0.15, -0.1) is 10.2 Å². The molecule has 1 aromatic carbocycles. The molecule has 4 nitrogen and oxygen atoms in total. The van der Waals surface area contributed by atoms with Gasteiger partial charge < -0.3 is 10.4 Å². The van der Waals surface area contributed by atoms with Gasteiger partial charge in [0.25, 0.3) is 0 Å². The first-order valence-corrected chi connectivity index (χ1v) is 7.26. The number of aliphatic hydroxyl groups excluding tert-OH is 1. The first-order valence-electron chi connectivity index (χ1n) is 6.06. The van der Waals surface area contributed by atoms with Crippen molar-refractivity contribution in [2.24, 2.45) is 0 Å². The fourth-order valence-corrected chi connectivity index (χ4v) is 2.53. The number of nitrogens with one attached hydrogen (secondary N) is 1. The predicted molar refractivity (Wildman–Crippen MR) is 78.9 cm³/mol. The van der Waals surface area contributed by atoms with E-state index in [0.717, 1.165) is 15.7 Å². The number of aliphatic hydroxyl groups is 1. The molecule has 1 aromatic heterocycles. The van der Waals surface area contributed by atoms with Gasteiger partial charge in [-0.25, -0.2) is 0 Å². The Labute approximate surface area is 121 Å². The first-order chi connectivity index (χ1) is 9.10. The molecule has 0 radical (unpaired) electrons. The molecule has 0 aliphatic carbocycles. The molecule has 1 heterocycles. The van der Waals surface area contributed by atoms with Crippen LogP contribution in [0.3, 0.4) is 0 Å². The minimum Gasteiger partial charge on any atom is -0.394 e. The van der Waals surface area contributed by atoms with Gasteiger partial charge in [0.15, 0.2) is 0 Å². The molecule has 2 aromatic rings. The third-order valence-corrected chi connectivity index (χ3v) is 4.09. The van der Waals surface area contributed by atoms with E-state index in [4.69, 9.17) is 11.6 Å². The van der Waals surface area contributed by atoms with E-state index in [-0.39, 0.29) is 12.6 Å². The normalized spacial score (nSPS) is 12.7. The summed E-state index contributed by atoms with van der Waals surface area (Å²) in [6.07, 6.45) is 0. The molecular formula is C13H16ClN3OS. The summed E-state index contributed by atoms with van der Waals surface area (Å²) in [5.74, 6) is 0.358. The molecule has 0 saturated carbocycles. The highest BCUT2D eigenvalue weighted by Gasteiger charge is 2.14. The Balaban J connectivity index is 2.12. The van der Waals surface area contributed by atoms with Crippen LogP contribution >= 0.6 is 22.9 Å². The van der Waals surface area contributed by atoms with Gasteiger partial charge in [0, 0.05) is 10.9 Å². The quantitative estimate of drug-likeness (QED) is 0.887. The molecule has 19 heavy (non-hydrogen) atoms. The van der Waals surface area contributed by atoms with E-state index in [9.17, 15) is 5.11 Å². The lowest BCUT2D eigenvalue weighted by Gasteiger charge is -2.15. The molecule has 0 aliphatic heterocycles. The van der Waals surface area contributed by atoms with Crippen molar-refractivity contribution >= 4 is 28.1 Å². The Hall–Kier alpha value is -1.17. The van der Waals surface area contributed by atoms with Gasteiger partial charge in [-0.1, -0.05) is 48.9 Å². The van der Waals surface area contributed by atoms with Crippen LogP contribution in [-0.4, -0.2) is 21.9 Å². The summed E-state index contributed by atoms with van der Waals surface area (Å²) >= 11 is 7.37. The summed E-state index contributed by atoms with van der Waals surface area (Å²) in [6, 6.07) is 7.19. The lowest BCUT2D eigenvalue weighted by molar-refractivity contribution is 0.276. The number of hydrogen-bond acceptors (Lipinski definition) is 5. The van der Waals surface area contributed by atoms with Crippen molar-refractivity contribution in [3.05, 3.63) is 39.9 Å². The van der Waals surface area contributed by atoms with Crippen LogP contribution in [0, 0.1) is 0 Å². The van der Waals surface area contributed by atoms with Crippen molar-refractivity contribution in [2.75, 3.05) is 11.9 Å². The lowest BCUT2D eigenvalue weighted by Crippen LogP contribution is -2.14.